The second-order valence-electron chi connectivity index (χ2n) is 7.81. The molecule has 2 aromatic heterocycles. The molecule has 1 amide bonds. The van der Waals surface area contributed by atoms with Crippen molar-refractivity contribution in [1.29, 1.82) is 0 Å². The summed E-state index contributed by atoms with van der Waals surface area (Å²) >= 11 is 0. The number of aryl methyl sites for hydroxylation is 1. The van der Waals surface area contributed by atoms with Crippen LogP contribution in [0.1, 0.15) is 27.2 Å². The van der Waals surface area contributed by atoms with Crippen LogP contribution in [-0.4, -0.2) is 40.1 Å². The van der Waals surface area contributed by atoms with Crippen molar-refractivity contribution >= 4 is 23.0 Å². The molecule has 0 aliphatic carbocycles. The Kier molecular flexibility index (Phi) is 4.93. The zero-order chi connectivity index (χ0) is 22.2. The fraction of sp³-hybridized carbons (Fsp3) is 0.200. The van der Waals surface area contributed by atoms with Gasteiger partial charge in [0.2, 0.25) is 0 Å². The van der Waals surface area contributed by atoms with Gasteiger partial charge in [-0.1, -0.05) is 59.8 Å². The van der Waals surface area contributed by atoms with Crippen LogP contribution in [0.25, 0.3) is 22.4 Å². The van der Waals surface area contributed by atoms with E-state index in [-0.39, 0.29) is 5.91 Å². The number of hydrogen-bond donors (Lipinski definition) is 0. The summed E-state index contributed by atoms with van der Waals surface area (Å²) in [6.45, 7) is 2.08. The predicted molar refractivity (Wildman–Crippen MR) is 118 cm³/mol. The first-order valence-electron chi connectivity index (χ1n) is 10.3. The van der Waals surface area contributed by atoms with Crippen LogP contribution in [0.3, 0.4) is 0 Å². The van der Waals surface area contributed by atoms with Crippen LogP contribution in [0, 0.1) is 6.92 Å². The van der Waals surface area contributed by atoms with Gasteiger partial charge in [0.15, 0.2) is 0 Å². The number of nitrogens with zero attached hydrogens (tertiary/aromatic N) is 3. The fourth-order valence-electron chi connectivity index (χ4n) is 4.26. The minimum absolute atomic E-state index is 0.286. The van der Waals surface area contributed by atoms with Crippen molar-refractivity contribution in [2.45, 2.75) is 25.9 Å². The van der Waals surface area contributed by atoms with E-state index in [2.05, 4.69) is 10.1 Å². The highest BCUT2D eigenvalue weighted by atomic mass is 16.5. The molecule has 7 heteroatoms. The van der Waals surface area contributed by atoms with Crippen molar-refractivity contribution in [2.24, 2.45) is 0 Å². The fourth-order valence-corrected chi connectivity index (χ4v) is 4.26. The maximum absolute atomic E-state index is 13.9. The van der Waals surface area contributed by atoms with Crippen LogP contribution in [0.15, 0.2) is 65.2 Å². The third-order valence-corrected chi connectivity index (χ3v) is 5.90. The molecular weight excluding hydrogens is 406 g/mol. The Morgan fingerprint density at radius 1 is 1.06 bits per heavy atom. The van der Waals surface area contributed by atoms with Crippen LogP contribution >= 0.6 is 0 Å². The van der Waals surface area contributed by atoms with Crippen molar-refractivity contribution in [1.82, 2.24) is 15.0 Å². The number of carbonyl (C=O) groups excluding carboxylic acids is 2. The highest BCUT2D eigenvalue weighted by molar-refractivity contribution is 6.08. The summed E-state index contributed by atoms with van der Waals surface area (Å²) < 4.78 is 10.5. The third kappa shape index (κ3) is 3.32. The Morgan fingerprint density at radius 3 is 2.53 bits per heavy atom. The Bertz CT molecular complexity index is 1330. The molecule has 1 atom stereocenters. The molecule has 32 heavy (non-hydrogen) atoms. The number of hydrogen-bond acceptors (Lipinski definition) is 6. The number of rotatable bonds is 3. The molecule has 0 saturated heterocycles. The first-order chi connectivity index (χ1) is 15.6. The van der Waals surface area contributed by atoms with E-state index in [4.69, 9.17) is 9.26 Å². The van der Waals surface area contributed by atoms with Crippen molar-refractivity contribution in [3.8, 4) is 11.3 Å². The average molecular weight is 427 g/mol. The summed E-state index contributed by atoms with van der Waals surface area (Å²) in [7, 11) is 1.34. The Hall–Kier alpha value is -4.00. The first kappa shape index (κ1) is 19.9. The Labute approximate surface area is 184 Å². The lowest BCUT2D eigenvalue weighted by Crippen LogP contribution is -2.49. The van der Waals surface area contributed by atoms with Gasteiger partial charge in [0.25, 0.3) is 11.6 Å². The van der Waals surface area contributed by atoms with Gasteiger partial charge in [0, 0.05) is 18.5 Å². The topological polar surface area (TPSA) is 85.5 Å². The van der Waals surface area contributed by atoms with Crippen molar-refractivity contribution in [3.63, 3.8) is 0 Å². The minimum Gasteiger partial charge on any atom is -0.467 e. The number of aromatic nitrogens is 2. The monoisotopic (exact) mass is 427 g/mol. The van der Waals surface area contributed by atoms with Gasteiger partial charge in [-0.3, -0.25) is 4.79 Å². The molecule has 160 valence electrons. The van der Waals surface area contributed by atoms with Gasteiger partial charge in [-0.05, 0) is 24.1 Å². The number of amides is 1. The third-order valence-electron chi connectivity index (χ3n) is 5.90. The summed E-state index contributed by atoms with van der Waals surface area (Å²) in [4.78, 5) is 32.7. The van der Waals surface area contributed by atoms with Crippen LogP contribution in [0.4, 0.5) is 0 Å². The van der Waals surface area contributed by atoms with Crippen LogP contribution in [0.5, 0.6) is 0 Å². The van der Waals surface area contributed by atoms with Gasteiger partial charge in [-0.2, -0.15) is 0 Å². The van der Waals surface area contributed by atoms with Crippen LogP contribution in [-0.2, 0) is 22.5 Å². The highest BCUT2D eigenvalue weighted by Gasteiger charge is 2.37. The SMILES string of the molecule is COC(=O)C1Cc2ccccc2CN1C(=O)c1cc(-c2ccccc2)nc2onc(C)c12. The van der Waals surface area contributed by atoms with Crippen molar-refractivity contribution < 1.29 is 18.8 Å². The molecule has 4 aromatic rings. The highest BCUT2D eigenvalue weighted by Crippen LogP contribution is 2.31. The molecular formula is C25H21N3O4. The molecule has 0 bridgehead atoms. The average Bonchev–Trinajstić information content (AvgIpc) is 3.23. The number of methoxy groups -OCH3 is 1. The molecule has 7 nitrogen and oxygen atoms in total. The van der Waals surface area contributed by atoms with Gasteiger partial charge in [0.05, 0.1) is 29.4 Å². The zero-order valence-electron chi connectivity index (χ0n) is 17.7. The van der Waals surface area contributed by atoms with Crippen LogP contribution in [0.2, 0.25) is 0 Å². The van der Waals surface area contributed by atoms with Crippen molar-refractivity contribution in [3.05, 3.63) is 83.0 Å². The smallest absolute Gasteiger partial charge is 0.328 e. The van der Waals surface area contributed by atoms with Gasteiger partial charge in [-0.15, -0.1) is 0 Å². The summed E-state index contributed by atoms with van der Waals surface area (Å²) in [5.74, 6) is -0.728. The van der Waals surface area contributed by atoms with Gasteiger partial charge in [-0.25, -0.2) is 9.78 Å². The summed E-state index contributed by atoms with van der Waals surface area (Å²) in [5, 5.41) is 4.58. The van der Waals surface area contributed by atoms with E-state index in [9.17, 15) is 9.59 Å². The zero-order valence-corrected chi connectivity index (χ0v) is 17.7. The molecule has 3 heterocycles. The number of ether oxygens (including phenoxy) is 1. The van der Waals surface area contributed by atoms with E-state index in [1.807, 2.05) is 54.6 Å². The molecule has 5 rings (SSSR count). The molecule has 0 fully saturated rings. The van der Waals surface area contributed by atoms with E-state index in [0.717, 1.165) is 16.7 Å². The molecule has 0 N–H and O–H groups in total. The molecule has 2 aromatic carbocycles. The number of carbonyl (C=O) groups is 2. The van der Waals surface area contributed by atoms with Gasteiger partial charge >= 0.3 is 5.97 Å². The first-order valence-corrected chi connectivity index (χ1v) is 10.3. The lowest BCUT2D eigenvalue weighted by Gasteiger charge is -2.35. The van der Waals surface area contributed by atoms with E-state index in [0.29, 0.717) is 41.0 Å². The second kappa shape index (κ2) is 7.92. The van der Waals surface area contributed by atoms with Crippen molar-refractivity contribution in [2.75, 3.05) is 7.11 Å². The molecule has 1 unspecified atom stereocenters. The number of benzene rings is 2. The number of esters is 1. The Morgan fingerprint density at radius 2 is 1.78 bits per heavy atom. The lowest BCUT2D eigenvalue weighted by atomic mass is 9.93. The molecule has 0 radical (unpaired) electrons. The quantitative estimate of drug-likeness (QED) is 0.461. The normalized spacial score (nSPS) is 15.4. The van der Waals surface area contributed by atoms with E-state index in [1.165, 1.54) is 7.11 Å². The number of fused-ring (bicyclic) bond motifs is 2. The van der Waals surface area contributed by atoms with Crippen LogP contribution < -0.4 is 0 Å². The molecule has 0 saturated carbocycles. The van der Waals surface area contributed by atoms with E-state index >= 15 is 0 Å². The van der Waals surface area contributed by atoms with Gasteiger partial charge in [0.1, 0.15) is 6.04 Å². The summed E-state index contributed by atoms with van der Waals surface area (Å²) in [6.07, 6.45) is 0.400. The largest absolute Gasteiger partial charge is 0.467 e. The standard InChI is InChI=1S/C25H21N3O4/c1-15-22-19(13-20(26-23(22)32-27-15)16-8-4-3-5-9-16)24(29)28-14-18-11-7-6-10-17(18)12-21(28)25(30)31-2/h3-11,13,21H,12,14H2,1-2H3. The molecule has 1 aliphatic rings. The van der Waals surface area contributed by atoms with Gasteiger partial charge < -0.3 is 14.2 Å². The maximum atomic E-state index is 13.9. The summed E-state index contributed by atoms with van der Waals surface area (Å²) in [6, 6.07) is 18.4. The molecule has 1 aliphatic heterocycles. The second-order valence-corrected chi connectivity index (χ2v) is 7.81. The van der Waals surface area contributed by atoms with E-state index in [1.54, 1.807) is 17.9 Å². The maximum Gasteiger partial charge on any atom is 0.328 e. The van der Waals surface area contributed by atoms with E-state index < -0.39 is 12.0 Å². The lowest BCUT2D eigenvalue weighted by molar-refractivity contribution is -0.146. The predicted octanol–water partition coefficient (Wildman–Crippen LogP) is 3.94. The summed E-state index contributed by atoms with van der Waals surface area (Å²) in [5.41, 5.74) is 4.77. The Balaban J connectivity index is 1.65. The number of pyridine rings is 1. The minimum atomic E-state index is -0.717. The molecule has 0 spiro atoms.